The lowest BCUT2D eigenvalue weighted by molar-refractivity contribution is 0.253. The van der Waals surface area contributed by atoms with Crippen molar-refractivity contribution in [2.45, 2.75) is 38.5 Å². The number of carbonyl (C=O) groups excluding carboxylic acids is 1. The summed E-state index contributed by atoms with van der Waals surface area (Å²) < 4.78 is 1.48. The molecule has 5 nitrogen and oxygen atoms in total. The second-order valence-electron chi connectivity index (χ2n) is 5.44. The van der Waals surface area contributed by atoms with Gasteiger partial charge in [0.25, 0.3) is 0 Å². The summed E-state index contributed by atoms with van der Waals surface area (Å²) in [4.78, 5) is 21.0. The first kappa shape index (κ1) is 11.6. The number of fused-ring (bicyclic) bond motifs is 2. The Kier molecular flexibility index (Phi) is 2.58. The predicted molar refractivity (Wildman–Crippen MR) is 74.9 cm³/mol. The fourth-order valence-electron chi connectivity index (χ4n) is 3.29. The molecule has 2 aliphatic carbocycles. The minimum atomic E-state index is -0.142. The number of nitrogens with zero attached hydrogens (tertiary/aromatic N) is 3. The van der Waals surface area contributed by atoms with Crippen molar-refractivity contribution >= 4 is 11.7 Å². The molecule has 0 saturated carbocycles. The third-order valence-electron chi connectivity index (χ3n) is 4.22. The van der Waals surface area contributed by atoms with Crippen molar-refractivity contribution in [1.29, 1.82) is 0 Å². The number of nitrogens with one attached hydrogen (secondary N) is 1. The van der Waals surface area contributed by atoms with Crippen LogP contribution in [0.5, 0.6) is 0 Å². The predicted octanol–water partition coefficient (Wildman–Crippen LogP) is 2.34. The molecular formula is C15H16N4O. The number of amides is 1. The summed E-state index contributed by atoms with van der Waals surface area (Å²) in [6.45, 7) is 0. The summed E-state index contributed by atoms with van der Waals surface area (Å²) in [6.07, 6.45) is 11.2. The average molecular weight is 268 g/mol. The van der Waals surface area contributed by atoms with Crippen molar-refractivity contribution in [1.82, 2.24) is 14.5 Å². The molecule has 0 spiro atoms. The maximum atomic E-state index is 12.3. The Morgan fingerprint density at radius 3 is 2.40 bits per heavy atom. The van der Waals surface area contributed by atoms with E-state index in [1.807, 2.05) is 0 Å². The van der Waals surface area contributed by atoms with Crippen LogP contribution in [0.1, 0.15) is 35.4 Å². The number of carbonyl (C=O) groups is 1. The molecule has 2 aromatic rings. The highest BCUT2D eigenvalue weighted by Crippen LogP contribution is 2.36. The molecule has 2 aromatic heterocycles. The SMILES string of the molecule is O=C(Nc1c2c(nc3c1CCC3)CCC2)n1ccnc1. The molecular weight excluding hydrogens is 252 g/mol. The highest BCUT2D eigenvalue weighted by Gasteiger charge is 2.26. The molecule has 0 radical (unpaired) electrons. The number of aryl methyl sites for hydroxylation is 2. The van der Waals surface area contributed by atoms with Crippen molar-refractivity contribution < 1.29 is 4.79 Å². The van der Waals surface area contributed by atoms with E-state index < -0.39 is 0 Å². The van der Waals surface area contributed by atoms with E-state index in [0.29, 0.717) is 0 Å². The molecule has 2 heterocycles. The van der Waals surface area contributed by atoms with E-state index in [2.05, 4.69) is 10.3 Å². The van der Waals surface area contributed by atoms with Gasteiger partial charge in [-0.2, -0.15) is 0 Å². The third-order valence-corrected chi connectivity index (χ3v) is 4.22. The second-order valence-corrected chi connectivity index (χ2v) is 5.44. The lowest BCUT2D eigenvalue weighted by Crippen LogP contribution is -2.20. The highest BCUT2D eigenvalue weighted by molar-refractivity contribution is 5.93. The zero-order chi connectivity index (χ0) is 13.5. The third kappa shape index (κ3) is 1.73. The topological polar surface area (TPSA) is 59.8 Å². The van der Waals surface area contributed by atoms with Crippen LogP contribution >= 0.6 is 0 Å². The molecule has 2 aliphatic rings. The van der Waals surface area contributed by atoms with Crippen LogP contribution in [0.15, 0.2) is 18.7 Å². The van der Waals surface area contributed by atoms with Crippen LogP contribution < -0.4 is 5.32 Å². The minimum Gasteiger partial charge on any atom is -0.307 e. The highest BCUT2D eigenvalue weighted by atomic mass is 16.2. The van der Waals surface area contributed by atoms with Gasteiger partial charge in [-0.05, 0) is 49.7 Å². The maximum Gasteiger partial charge on any atom is 0.331 e. The standard InChI is InChI=1S/C15H16N4O/c20-15(19-8-7-16-9-19)18-14-10-3-1-5-12(10)17-13-6-2-4-11(13)14/h7-9H,1-6H2,(H,17,18,20). The molecule has 5 heteroatoms. The summed E-state index contributed by atoms with van der Waals surface area (Å²) in [5, 5.41) is 3.09. The molecule has 0 aliphatic heterocycles. The van der Waals surface area contributed by atoms with Gasteiger partial charge < -0.3 is 5.32 Å². The lowest BCUT2D eigenvalue weighted by Gasteiger charge is -2.15. The quantitative estimate of drug-likeness (QED) is 0.863. The van der Waals surface area contributed by atoms with Crippen LogP contribution in [0.3, 0.4) is 0 Å². The summed E-state index contributed by atoms with van der Waals surface area (Å²) >= 11 is 0. The van der Waals surface area contributed by atoms with Crippen LogP contribution in [-0.4, -0.2) is 20.6 Å². The Bertz CT molecular complexity index is 643. The van der Waals surface area contributed by atoms with Gasteiger partial charge >= 0.3 is 6.03 Å². The van der Waals surface area contributed by atoms with E-state index in [1.54, 1.807) is 12.4 Å². The fraction of sp³-hybridized carbons (Fsp3) is 0.400. The van der Waals surface area contributed by atoms with Gasteiger partial charge in [0.15, 0.2) is 0 Å². The molecule has 0 aromatic carbocycles. The first-order chi connectivity index (χ1) is 9.83. The van der Waals surface area contributed by atoms with E-state index in [9.17, 15) is 4.79 Å². The Balaban J connectivity index is 1.76. The zero-order valence-electron chi connectivity index (χ0n) is 11.2. The zero-order valence-corrected chi connectivity index (χ0v) is 11.2. The van der Waals surface area contributed by atoms with Gasteiger partial charge in [-0.25, -0.2) is 9.78 Å². The first-order valence-electron chi connectivity index (χ1n) is 7.16. The van der Waals surface area contributed by atoms with Gasteiger partial charge in [-0.3, -0.25) is 9.55 Å². The number of pyridine rings is 1. The molecule has 1 amide bonds. The van der Waals surface area contributed by atoms with Crippen molar-refractivity contribution in [3.63, 3.8) is 0 Å². The summed E-state index contributed by atoms with van der Waals surface area (Å²) in [5.74, 6) is 0. The number of anilines is 1. The fourth-order valence-corrected chi connectivity index (χ4v) is 3.29. The Labute approximate surface area is 117 Å². The number of hydrogen-bond acceptors (Lipinski definition) is 3. The van der Waals surface area contributed by atoms with Gasteiger partial charge in [-0.1, -0.05) is 0 Å². The number of rotatable bonds is 1. The first-order valence-corrected chi connectivity index (χ1v) is 7.16. The van der Waals surface area contributed by atoms with Crippen molar-refractivity contribution in [2.75, 3.05) is 5.32 Å². The van der Waals surface area contributed by atoms with Gasteiger partial charge in [0.05, 0.1) is 5.69 Å². The van der Waals surface area contributed by atoms with Gasteiger partial charge in [-0.15, -0.1) is 0 Å². The van der Waals surface area contributed by atoms with Crippen LogP contribution in [0.25, 0.3) is 0 Å². The maximum absolute atomic E-state index is 12.3. The van der Waals surface area contributed by atoms with E-state index in [0.717, 1.165) is 44.2 Å². The van der Waals surface area contributed by atoms with Gasteiger partial charge in [0.1, 0.15) is 6.33 Å². The van der Waals surface area contributed by atoms with Crippen molar-refractivity contribution in [3.8, 4) is 0 Å². The molecule has 0 bridgehead atoms. The molecule has 0 fully saturated rings. The van der Waals surface area contributed by atoms with E-state index >= 15 is 0 Å². The average Bonchev–Trinajstić information content (AvgIpc) is 3.19. The number of imidazole rings is 1. The van der Waals surface area contributed by atoms with Crippen LogP contribution in [-0.2, 0) is 25.7 Å². The smallest absolute Gasteiger partial charge is 0.307 e. The Morgan fingerprint density at radius 2 is 1.80 bits per heavy atom. The van der Waals surface area contributed by atoms with Crippen molar-refractivity contribution in [3.05, 3.63) is 41.2 Å². The number of aromatic nitrogens is 3. The normalized spacial score (nSPS) is 16.0. The van der Waals surface area contributed by atoms with E-state index in [1.165, 1.54) is 33.4 Å². The van der Waals surface area contributed by atoms with Crippen LogP contribution in [0.2, 0.25) is 0 Å². The Hall–Kier alpha value is -2.17. The molecule has 0 atom stereocenters. The van der Waals surface area contributed by atoms with Gasteiger partial charge in [0.2, 0.25) is 0 Å². The molecule has 0 unspecified atom stereocenters. The number of hydrogen-bond donors (Lipinski definition) is 1. The summed E-state index contributed by atoms with van der Waals surface area (Å²) in [6, 6.07) is -0.142. The van der Waals surface area contributed by atoms with Crippen LogP contribution in [0, 0.1) is 0 Å². The molecule has 102 valence electrons. The second kappa shape index (κ2) is 4.44. The van der Waals surface area contributed by atoms with E-state index in [-0.39, 0.29) is 6.03 Å². The summed E-state index contributed by atoms with van der Waals surface area (Å²) in [7, 11) is 0. The molecule has 4 rings (SSSR count). The van der Waals surface area contributed by atoms with E-state index in [4.69, 9.17) is 4.98 Å². The largest absolute Gasteiger partial charge is 0.331 e. The van der Waals surface area contributed by atoms with Crippen LogP contribution in [0.4, 0.5) is 10.5 Å². The molecule has 1 N–H and O–H groups in total. The molecule has 20 heavy (non-hydrogen) atoms. The van der Waals surface area contributed by atoms with Crippen molar-refractivity contribution in [2.24, 2.45) is 0 Å². The lowest BCUT2D eigenvalue weighted by atomic mass is 10.1. The Morgan fingerprint density at radius 1 is 1.10 bits per heavy atom. The van der Waals surface area contributed by atoms with Gasteiger partial charge in [0, 0.05) is 23.8 Å². The summed E-state index contributed by atoms with van der Waals surface area (Å²) in [5.41, 5.74) is 5.90. The minimum absolute atomic E-state index is 0.142. The molecule has 0 saturated heterocycles. The monoisotopic (exact) mass is 268 g/mol.